The lowest BCUT2D eigenvalue weighted by Crippen LogP contribution is -2.29. The lowest BCUT2D eigenvalue weighted by atomic mass is 9.94. The van der Waals surface area contributed by atoms with Crippen molar-refractivity contribution in [3.63, 3.8) is 0 Å². The summed E-state index contributed by atoms with van der Waals surface area (Å²) in [6.45, 7) is 0.436. The number of anilines is 1. The van der Waals surface area contributed by atoms with Gasteiger partial charge in [-0.15, -0.1) is 0 Å². The second kappa shape index (κ2) is 4.22. The Morgan fingerprint density at radius 3 is 3.00 bits per heavy atom. The predicted octanol–water partition coefficient (Wildman–Crippen LogP) is 2.02. The molecule has 1 aliphatic rings. The smallest absolute Gasteiger partial charge is 0.308 e. The molecule has 0 spiro atoms. The third kappa shape index (κ3) is 1.93. The Morgan fingerprint density at radius 2 is 2.38 bits per heavy atom. The van der Waals surface area contributed by atoms with E-state index in [2.05, 4.69) is 5.32 Å². The van der Waals surface area contributed by atoms with Gasteiger partial charge in [0.2, 0.25) is 0 Å². The van der Waals surface area contributed by atoms with Crippen LogP contribution in [0.2, 0.25) is 5.02 Å². The van der Waals surface area contributed by atoms with Crippen LogP contribution in [0.4, 0.5) is 5.69 Å². The van der Waals surface area contributed by atoms with Gasteiger partial charge in [-0.05, 0) is 24.1 Å². The van der Waals surface area contributed by atoms with E-state index in [1.807, 2.05) is 0 Å². The second-order valence-electron chi connectivity index (χ2n) is 3.76. The summed E-state index contributed by atoms with van der Waals surface area (Å²) in [5.41, 5.74) is 1.82. The lowest BCUT2D eigenvalue weighted by Gasteiger charge is -2.24. The fourth-order valence-corrected chi connectivity index (χ4v) is 2.07. The van der Waals surface area contributed by atoms with Crippen LogP contribution in [-0.4, -0.2) is 24.7 Å². The molecule has 0 amide bonds. The van der Waals surface area contributed by atoms with E-state index in [0.717, 1.165) is 11.3 Å². The monoisotopic (exact) mass is 241 g/mol. The van der Waals surface area contributed by atoms with Crippen molar-refractivity contribution in [3.05, 3.63) is 22.7 Å². The summed E-state index contributed by atoms with van der Waals surface area (Å²) in [7, 11) is 1.54. The highest BCUT2D eigenvalue weighted by molar-refractivity contribution is 6.32. The number of aliphatic carboxylic acids is 1. The van der Waals surface area contributed by atoms with Crippen LogP contribution in [0.1, 0.15) is 5.56 Å². The molecule has 1 atom stereocenters. The molecule has 1 unspecified atom stereocenters. The summed E-state index contributed by atoms with van der Waals surface area (Å²) in [6.07, 6.45) is 0.505. The first-order chi connectivity index (χ1) is 7.61. The van der Waals surface area contributed by atoms with Gasteiger partial charge in [-0.3, -0.25) is 4.79 Å². The van der Waals surface area contributed by atoms with Crippen molar-refractivity contribution in [1.82, 2.24) is 0 Å². The maximum atomic E-state index is 10.9. The van der Waals surface area contributed by atoms with E-state index in [9.17, 15) is 4.79 Å². The molecule has 16 heavy (non-hydrogen) atoms. The molecule has 2 N–H and O–H groups in total. The molecule has 1 heterocycles. The van der Waals surface area contributed by atoms with Crippen molar-refractivity contribution in [2.75, 3.05) is 19.0 Å². The van der Waals surface area contributed by atoms with Crippen LogP contribution in [0.3, 0.4) is 0 Å². The van der Waals surface area contributed by atoms with Gasteiger partial charge in [0.15, 0.2) is 0 Å². The molecular weight excluding hydrogens is 230 g/mol. The topological polar surface area (TPSA) is 58.6 Å². The van der Waals surface area contributed by atoms with Gasteiger partial charge in [0, 0.05) is 12.2 Å². The molecule has 0 fully saturated rings. The molecule has 1 aromatic carbocycles. The van der Waals surface area contributed by atoms with Gasteiger partial charge in [0.05, 0.1) is 18.1 Å². The van der Waals surface area contributed by atoms with Crippen LogP contribution in [0.25, 0.3) is 0 Å². The maximum Gasteiger partial charge on any atom is 0.308 e. The zero-order valence-electron chi connectivity index (χ0n) is 8.79. The zero-order chi connectivity index (χ0) is 11.7. The number of ether oxygens (including phenoxy) is 1. The summed E-state index contributed by atoms with van der Waals surface area (Å²) in [5.74, 6) is -0.598. The van der Waals surface area contributed by atoms with Crippen LogP contribution >= 0.6 is 11.6 Å². The highest BCUT2D eigenvalue weighted by Gasteiger charge is 2.24. The first-order valence-electron chi connectivity index (χ1n) is 4.95. The number of hydrogen-bond donors (Lipinski definition) is 2. The number of nitrogens with one attached hydrogen (secondary N) is 1. The number of methoxy groups -OCH3 is 1. The van der Waals surface area contributed by atoms with Crippen LogP contribution in [0.5, 0.6) is 5.75 Å². The largest absolute Gasteiger partial charge is 0.495 e. The number of benzene rings is 1. The Labute approximate surface area is 98.2 Å². The molecule has 86 valence electrons. The summed E-state index contributed by atoms with van der Waals surface area (Å²) >= 11 is 5.98. The number of carbonyl (C=O) groups is 1. The van der Waals surface area contributed by atoms with Gasteiger partial charge >= 0.3 is 5.97 Å². The van der Waals surface area contributed by atoms with Gasteiger partial charge in [-0.25, -0.2) is 0 Å². The minimum atomic E-state index is -0.785. The summed E-state index contributed by atoms with van der Waals surface area (Å²) in [4.78, 5) is 10.9. The number of halogens is 1. The molecule has 1 aromatic rings. The summed E-state index contributed by atoms with van der Waals surface area (Å²) in [6, 6.07) is 3.56. The standard InChI is InChI=1S/C11H12ClNO3/c1-16-10-3-6-2-7(11(14)15)5-13-9(6)4-8(10)12/h3-4,7,13H,2,5H2,1H3,(H,14,15). The van der Waals surface area contributed by atoms with E-state index < -0.39 is 11.9 Å². The molecule has 0 saturated carbocycles. The van der Waals surface area contributed by atoms with E-state index >= 15 is 0 Å². The van der Waals surface area contributed by atoms with Crippen LogP contribution in [0, 0.1) is 5.92 Å². The van der Waals surface area contributed by atoms with Crippen molar-refractivity contribution in [1.29, 1.82) is 0 Å². The second-order valence-corrected chi connectivity index (χ2v) is 4.17. The minimum absolute atomic E-state index is 0.390. The molecule has 5 heteroatoms. The minimum Gasteiger partial charge on any atom is -0.495 e. The summed E-state index contributed by atoms with van der Waals surface area (Å²) < 4.78 is 5.10. The van der Waals surface area contributed by atoms with Crippen molar-refractivity contribution < 1.29 is 14.6 Å². The quantitative estimate of drug-likeness (QED) is 0.832. The molecule has 0 aromatic heterocycles. The van der Waals surface area contributed by atoms with E-state index in [4.69, 9.17) is 21.4 Å². The molecule has 0 radical (unpaired) electrons. The Balaban J connectivity index is 2.34. The fourth-order valence-electron chi connectivity index (χ4n) is 1.83. The molecule has 4 nitrogen and oxygen atoms in total. The highest BCUT2D eigenvalue weighted by atomic mass is 35.5. The zero-order valence-corrected chi connectivity index (χ0v) is 9.54. The predicted molar refractivity (Wildman–Crippen MR) is 61.3 cm³/mol. The van der Waals surface area contributed by atoms with Crippen LogP contribution in [0.15, 0.2) is 12.1 Å². The van der Waals surface area contributed by atoms with Crippen molar-refractivity contribution in [2.45, 2.75) is 6.42 Å². The molecule has 0 bridgehead atoms. The maximum absolute atomic E-state index is 10.9. The first-order valence-corrected chi connectivity index (χ1v) is 5.32. The molecule has 2 rings (SSSR count). The average molecular weight is 242 g/mol. The van der Waals surface area contributed by atoms with E-state index in [1.165, 1.54) is 0 Å². The number of fused-ring (bicyclic) bond motifs is 1. The Bertz CT molecular complexity index is 433. The number of hydrogen-bond acceptors (Lipinski definition) is 3. The van der Waals surface area contributed by atoms with Gasteiger partial charge in [-0.1, -0.05) is 11.6 Å². The van der Waals surface area contributed by atoms with Gasteiger partial charge in [0.25, 0.3) is 0 Å². The summed E-state index contributed by atoms with van der Waals surface area (Å²) in [5, 5.41) is 12.5. The van der Waals surface area contributed by atoms with Gasteiger partial charge in [-0.2, -0.15) is 0 Å². The third-order valence-electron chi connectivity index (χ3n) is 2.73. The lowest BCUT2D eigenvalue weighted by molar-refractivity contribution is -0.141. The normalized spacial score (nSPS) is 18.5. The van der Waals surface area contributed by atoms with Crippen molar-refractivity contribution >= 4 is 23.3 Å². The highest BCUT2D eigenvalue weighted by Crippen LogP contribution is 2.34. The Hall–Kier alpha value is -1.42. The number of rotatable bonds is 2. The molecular formula is C11H12ClNO3. The third-order valence-corrected chi connectivity index (χ3v) is 3.03. The van der Waals surface area contributed by atoms with E-state index in [-0.39, 0.29) is 0 Å². The van der Waals surface area contributed by atoms with Crippen LogP contribution < -0.4 is 10.1 Å². The van der Waals surface area contributed by atoms with Gasteiger partial charge in [0.1, 0.15) is 5.75 Å². The Morgan fingerprint density at radius 1 is 1.62 bits per heavy atom. The SMILES string of the molecule is COc1cc2c(cc1Cl)NCC(C(=O)O)C2. The van der Waals surface area contributed by atoms with Crippen molar-refractivity contribution in [3.8, 4) is 5.75 Å². The number of carboxylic acid groups (broad SMARTS) is 1. The van der Waals surface area contributed by atoms with E-state index in [1.54, 1.807) is 19.2 Å². The first kappa shape index (κ1) is 11.1. The Kier molecular flexibility index (Phi) is 2.92. The van der Waals surface area contributed by atoms with Gasteiger partial charge < -0.3 is 15.2 Å². The molecule has 0 saturated heterocycles. The fraction of sp³-hybridized carbons (Fsp3) is 0.364. The van der Waals surface area contributed by atoms with Crippen LogP contribution in [-0.2, 0) is 11.2 Å². The number of carboxylic acids is 1. The molecule has 0 aliphatic carbocycles. The average Bonchev–Trinajstić information content (AvgIpc) is 2.27. The van der Waals surface area contributed by atoms with E-state index in [0.29, 0.717) is 23.7 Å². The van der Waals surface area contributed by atoms with Crippen molar-refractivity contribution in [2.24, 2.45) is 5.92 Å². The molecule has 1 aliphatic heterocycles.